The van der Waals surface area contributed by atoms with Crippen LogP contribution in [0.4, 0.5) is 0 Å². The third-order valence-corrected chi connectivity index (χ3v) is 2.34. The van der Waals surface area contributed by atoms with Crippen molar-refractivity contribution in [2.24, 2.45) is 0 Å². The largest absolute Gasteiger partial charge is 0.465 e. The summed E-state index contributed by atoms with van der Waals surface area (Å²) < 4.78 is 4.68. The van der Waals surface area contributed by atoms with Crippen molar-refractivity contribution >= 4 is 5.97 Å². The molecule has 0 heterocycles. The van der Waals surface area contributed by atoms with Gasteiger partial charge in [-0.25, -0.2) is 4.79 Å². The van der Waals surface area contributed by atoms with E-state index in [1.54, 1.807) is 6.07 Å². The second-order valence-electron chi connectivity index (χ2n) is 3.41. The number of ether oxygens (including phenoxy) is 1. The van der Waals surface area contributed by atoms with Gasteiger partial charge in [0.25, 0.3) is 0 Å². The van der Waals surface area contributed by atoms with Gasteiger partial charge in [-0.15, -0.1) is 0 Å². The lowest BCUT2D eigenvalue weighted by Crippen LogP contribution is -2.13. The molecule has 82 valence electrons. The molecule has 0 saturated heterocycles. The number of aryl methyl sites for hydroxylation is 1. The van der Waals surface area contributed by atoms with Crippen LogP contribution in [0.2, 0.25) is 0 Å². The number of hydrogen-bond acceptors (Lipinski definition) is 3. The van der Waals surface area contributed by atoms with Crippen molar-refractivity contribution in [3.63, 3.8) is 0 Å². The highest BCUT2D eigenvalue weighted by Crippen LogP contribution is 2.11. The van der Waals surface area contributed by atoms with E-state index in [0.717, 1.165) is 18.7 Å². The number of rotatable bonds is 4. The molecule has 3 nitrogen and oxygen atoms in total. The molecule has 0 saturated carbocycles. The molecular formula is C12H17NO2. The third-order valence-electron chi connectivity index (χ3n) is 2.34. The van der Waals surface area contributed by atoms with E-state index < -0.39 is 0 Å². The maximum absolute atomic E-state index is 11.3. The first kappa shape index (κ1) is 11.7. The van der Waals surface area contributed by atoms with E-state index in [0.29, 0.717) is 5.56 Å². The van der Waals surface area contributed by atoms with Gasteiger partial charge in [-0.3, -0.25) is 0 Å². The average Bonchev–Trinajstić information content (AvgIpc) is 2.27. The van der Waals surface area contributed by atoms with Crippen molar-refractivity contribution in [1.29, 1.82) is 0 Å². The smallest absolute Gasteiger partial charge is 0.337 e. The van der Waals surface area contributed by atoms with Gasteiger partial charge in [-0.1, -0.05) is 13.0 Å². The normalized spacial score (nSPS) is 10.1. The first-order chi connectivity index (χ1) is 7.19. The Morgan fingerprint density at radius 3 is 2.80 bits per heavy atom. The van der Waals surface area contributed by atoms with Gasteiger partial charge in [-0.2, -0.15) is 0 Å². The van der Waals surface area contributed by atoms with Crippen molar-refractivity contribution < 1.29 is 9.53 Å². The quantitative estimate of drug-likeness (QED) is 0.766. The van der Waals surface area contributed by atoms with E-state index in [9.17, 15) is 4.79 Å². The van der Waals surface area contributed by atoms with Gasteiger partial charge in [0.15, 0.2) is 0 Å². The standard InChI is InChI=1S/C12H17NO2/c1-4-13-8-11-7-10(12(14)15-3)6-5-9(11)2/h5-7,13H,4,8H2,1-3H3. The first-order valence-corrected chi connectivity index (χ1v) is 5.07. The summed E-state index contributed by atoms with van der Waals surface area (Å²) in [4.78, 5) is 11.3. The predicted molar refractivity (Wildman–Crippen MR) is 59.9 cm³/mol. The Morgan fingerprint density at radius 2 is 2.20 bits per heavy atom. The molecule has 0 amide bonds. The summed E-state index contributed by atoms with van der Waals surface area (Å²) in [5.41, 5.74) is 2.93. The zero-order valence-corrected chi connectivity index (χ0v) is 9.46. The molecule has 1 aromatic carbocycles. The fraction of sp³-hybridized carbons (Fsp3) is 0.417. The number of carbonyl (C=O) groups excluding carboxylic acids is 1. The Morgan fingerprint density at radius 1 is 1.47 bits per heavy atom. The maximum Gasteiger partial charge on any atom is 0.337 e. The van der Waals surface area contributed by atoms with Gasteiger partial charge in [-0.05, 0) is 36.7 Å². The predicted octanol–water partition coefficient (Wildman–Crippen LogP) is 1.89. The maximum atomic E-state index is 11.3. The van der Waals surface area contributed by atoms with Crippen LogP contribution in [0.1, 0.15) is 28.4 Å². The highest BCUT2D eigenvalue weighted by atomic mass is 16.5. The number of benzene rings is 1. The minimum Gasteiger partial charge on any atom is -0.465 e. The second kappa shape index (κ2) is 5.51. The monoisotopic (exact) mass is 207 g/mol. The highest BCUT2D eigenvalue weighted by Gasteiger charge is 2.07. The molecule has 0 radical (unpaired) electrons. The minimum atomic E-state index is -0.284. The highest BCUT2D eigenvalue weighted by molar-refractivity contribution is 5.89. The lowest BCUT2D eigenvalue weighted by Gasteiger charge is -2.08. The van der Waals surface area contributed by atoms with E-state index in [2.05, 4.69) is 17.0 Å². The Hall–Kier alpha value is -1.35. The van der Waals surface area contributed by atoms with Crippen LogP contribution < -0.4 is 5.32 Å². The summed E-state index contributed by atoms with van der Waals surface area (Å²) >= 11 is 0. The van der Waals surface area contributed by atoms with Gasteiger partial charge >= 0.3 is 5.97 Å². The Kier molecular flexibility index (Phi) is 4.31. The lowest BCUT2D eigenvalue weighted by molar-refractivity contribution is 0.0600. The van der Waals surface area contributed by atoms with Crippen molar-refractivity contribution in [2.45, 2.75) is 20.4 Å². The molecule has 0 bridgehead atoms. The molecule has 15 heavy (non-hydrogen) atoms. The summed E-state index contributed by atoms with van der Waals surface area (Å²) in [5, 5.41) is 3.24. The Balaban J connectivity index is 2.89. The van der Waals surface area contributed by atoms with Crippen LogP contribution in [-0.4, -0.2) is 19.6 Å². The zero-order valence-electron chi connectivity index (χ0n) is 9.46. The number of methoxy groups -OCH3 is 1. The van der Waals surface area contributed by atoms with Gasteiger partial charge in [0.05, 0.1) is 12.7 Å². The summed E-state index contributed by atoms with van der Waals surface area (Å²) in [6.07, 6.45) is 0. The average molecular weight is 207 g/mol. The minimum absolute atomic E-state index is 0.284. The van der Waals surface area contributed by atoms with Crippen molar-refractivity contribution in [3.05, 3.63) is 34.9 Å². The lowest BCUT2D eigenvalue weighted by atomic mass is 10.1. The molecule has 1 aromatic rings. The summed E-state index contributed by atoms with van der Waals surface area (Å²) in [5.74, 6) is -0.284. The molecule has 3 heteroatoms. The summed E-state index contributed by atoms with van der Waals surface area (Å²) in [6, 6.07) is 5.61. The zero-order chi connectivity index (χ0) is 11.3. The van der Waals surface area contributed by atoms with Crippen LogP contribution >= 0.6 is 0 Å². The number of carbonyl (C=O) groups is 1. The van der Waals surface area contributed by atoms with Crippen molar-refractivity contribution in [1.82, 2.24) is 5.32 Å². The van der Waals surface area contributed by atoms with Crippen LogP contribution in [0.5, 0.6) is 0 Å². The molecule has 0 unspecified atom stereocenters. The van der Waals surface area contributed by atoms with Gasteiger partial charge in [0.2, 0.25) is 0 Å². The van der Waals surface area contributed by atoms with Crippen LogP contribution in [0.3, 0.4) is 0 Å². The van der Waals surface area contributed by atoms with Gasteiger partial charge in [0.1, 0.15) is 0 Å². The second-order valence-corrected chi connectivity index (χ2v) is 3.41. The fourth-order valence-electron chi connectivity index (χ4n) is 1.37. The molecule has 1 N–H and O–H groups in total. The van der Waals surface area contributed by atoms with Crippen molar-refractivity contribution in [2.75, 3.05) is 13.7 Å². The van der Waals surface area contributed by atoms with E-state index in [4.69, 9.17) is 0 Å². The van der Waals surface area contributed by atoms with Gasteiger partial charge < -0.3 is 10.1 Å². The molecule has 0 aliphatic rings. The Bertz CT molecular complexity index is 347. The number of hydrogen-bond donors (Lipinski definition) is 1. The molecule has 0 aromatic heterocycles. The summed E-state index contributed by atoms with van der Waals surface area (Å²) in [7, 11) is 1.39. The number of esters is 1. The molecule has 0 fully saturated rings. The topological polar surface area (TPSA) is 38.3 Å². The molecule has 0 aliphatic heterocycles. The SMILES string of the molecule is CCNCc1cc(C(=O)OC)ccc1C. The van der Waals surface area contributed by atoms with E-state index in [1.807, 2.05) is 19.1 Å². The van der Waals surface area contributed by atoms with E-state index in [-0.39, 0.29) is 5.97 Å². The van der Waals surface area contributed by atoms with Crippen LogP contribution in [0.15, 0.2) is 18.2 Å². The molecule has 0 aliphatic carbocycles. The fourth-order valence-corrected chi connectivity index (χ4v) is 1.37. The van der Waals surface area contributed by atoms with Crippen LogP contribution in [0, 0.1) is 6.92 Å². The molecule has 1 rings (SSSR count). The van der Waals surface area contributed by atoms with Crippen LogP contribution in [0.25, 0.3) is 0 Å². The van der Waals surface area contributed by atoms with Gasteiger partial charge in [0, 0.05) is 6.54 Å². The van der Waals surface area contributed by atoms with Crippen molar-refractivity contribution in [3.8, 4) is 0 Å². The molecule has 0 atom stereocenters. The molecule has 0 spiro atoms. The third kappa shape index (κ3) is 3.06. The van der Waals surface area contributed by atoms with E-state index >= 15 is 0 Å². The van der Waals surface area contributed by atoms with E-state index in [1.165, 1.54) is 12.7 Å². The first-order valence-electron chi connectivity index (χ1n) is 5.07. The molecular weight excluding hydrogens is 190 g/mol. The Labute approximate surface area is 90.4 Å². The summed E-state index contributed by atoms with van der Waals surface area (Å²) in [6.45, 7) is 5.79. The van der Waals surface area contributed by atoms with Crippen LogP contribution in [-0.2, 0) is 11.3 Å². The number of nitrogens with one attached hydrogen (secondary N) is 1.